The Balaban J connectivity index is 1.83. The summed E-state index contributed by atoms with van der Waals surface area (Å²) in [6.07, 6.45) is 2.38. The fourth-order valence-electron chi connectivity index (χ4n) is 2.54. The quantitative estimate of drug-likeness (QED) is 0.828. The van der Waals surface area contributed by atoms with E-state index in [0.717, 1.165) is 32.5 Å². The molecule has 0 bridgehead atoms. The van der Waals surface area contributed by atoms with Gasteiger partial charge in [-0.3, -0.25) is 0 Å². The monoisotopic (exact) mass is 233 g/mol. The zero-order chi connectivity index (χ0) is 11.7. The number of nitrogens with one attached hydrogen (secondary N) is 1. The number of benzene rings is 1. The van der Waals surface area contributed by atoms with E-state index in [1.54, 1.807) is 0 Å². The summed E-state index contributed by atoms with van der Waals surface area (Å²) < 4.78 is 5.76. The number of hydrogen-bond donors (Lipinski definition) is 2. The van der Waals surface area contributed by atoms with E-state index < -0.39 is 0 Å². The Bertz CT molecular complexity index is 395. The largest absolute Gasteiger partial charge is 0.395 e. The van der Waals surface area contributed by atoms with E-state index in [4.69, 9.17) is 4.74 Å². The van der Waals surface area contributed by atoms with Gasteiger partial charge in [-0.2, -0.15) is 0 Å². The first-order valence-electron chi connectivity index (χ1n) is 6.38. The predicted molar refractivity (Wildman–Crippen MR) is 66.0 cm³/mol. The molecule has 1 unspecified atom stereocenters. The summed E-state index contributed by atoms with van der Waals surface area (Å²) in [5.74, 6) is 0. The Labute approximate surface area is 102 Å². The minimum absolute atomic E-state index is 0.0537. The van der Waals surface area contributed by atoms with Crippen LogP contribution in [0.2, 0.25) is 0 Å². The van der Waals surface area contributed by atoms with Crippen LogP contribution in [0, 0.1) is 0 Å². The van der Waals surface area contributed by atoms with Gasteiger partial charge in [-0.1, -0.05) is 24.3 Å². The van der Waals surface area contributed by atoms with Crippen molar-refractivity contribution in [1.29, 1.82) is 0 Å². The highest BCUT2D eigenvalue weighted by Crippen LogP contribution is 2.48. The van der Waals surface area contributed by atoms with Crippen molar-refractivity contribution in [2.24, 2.45) is 0 Å². The minimum atomic E-state index is 0.0537. The van der Waals surface area contributed by atoms with Crippen LogP contribution in [0.25, 0.3) is 0 Å². The van der Waals surface area contributed by atoms with Crippen molar-refractivity contribution in [3.63, 3.8) is 0 Å². The minimum Gasteiger partial charge on any atom is -0.395 e. The standard InChI is InChI=1S/C14H19NO2/c16-10-14(4-5-14)12-3-1-2-11(8-12)13-9-15-6-7-17-13/h1-3,8,13,15-16H,4-7,9-10H2. The molecule has 1 aromatic carbocycles. The summed E-state index contributed by atoms with van der Waals surface area (Å²) in [4.78, 5) is 0. The van der Waals surface area contributed by atoms with Crippen LogP contribution in [0.3, 0.4) is 0 Å². The molecule has 3 rings (SSSR count). The van der Waals surface area contributed by atoms with Crippen LogP contribution in [0.15, 0.2) is 24.3 Å². The molecule has 1 heterocycles. The zero-order valence-corrected chi connectivity index (χ0v) is 9.98. The molecular weight excluding hydrogens is 214 g/mol. The van der Waals surface area contributed by atoms with Crippen molar-refractivity contribution >= 4 is 0 Å². The lowest BCUT2D eigenvalue weighted by Gasteiger charge is -2.25. The summed E-state index contributed by atoms with van der Waals surface area (Å²) in [6, 6.07) is 8.54. The summed E-state index contributed by atoms with van der Waals surface area (Å²) in [6.45, 7) is 2.87. The molecule has 0 spiro atoms. The highest BCUT2D eigenvalue weighted by molar-refractivity contribution is 5.35. The third-order valence-electron chi connectivity index (χ3n) is 3.95. The highest BCUT2D eigenvalue weighted by Gasteiger charge is 2.43. The van der Waals surface area contributed by atoms with Crippen LogP contribution >= 0.6 is 0 Å². The van der Waals surface area contributed by atoms with E-state index in [1.807, 2.05) is 0 Å². The van der Waals surface area contributed by atoms with Gasteiger partial charge in [0.25, 0.3) is 0 Å². The van der Waals surface area contributed by atoms with Crippen molar-refractivity contribution in [2.45, 2.75) is 24.4 Å². The summed E-state index contributed by atoms with van der Waals surface area (Å²) in [5.41, 5.74) is 2.55. The van der Waals surface area contributed by atoms with Crippen LogP contribution in [0.5, 0.6) is 0 Å². The number of rotatable bonds is 3. The van der Waals surface area contributed by atoms with Crippen molar-refractivity contribution in [3.8, 4) is 0 Å². The van der Waals surface area contributed by atoms with E-state index in [0.29, 0.717) is 0 Å². The molecule has 1 aromatic rings. The van der Waals surface area contributed by atoms with E-state index in [-0.39, 0.29) is 18.1 Å². The Morgan fingerprint density at radius 1 is 1.41 bits per heavy atom. The van der Waals surface area contributed by atoms with Gasteiger partial charge in [-0.25, -0.2) is 0 Å². The molecule has 1 aliphatic heterocycles. The first kappa shape index (κ1) is 11.2. The van der Waals surface area contributed by atoms with Gasteiger partial charge in [-0.05, 0) is 24.0 Å². The molecule has 17 heavy (non-hydrogen) atoms. The molecule has 2 fully saturated rings. The third-order valence-corrected chi connectivity index (χ3v) is 3.95. The average Bonchev–Trinajstić information content (AvgIpc) is 3.21. The van der Waals surface area contributed by atoms with Crippen molar-refractivity contribution in [2.75, 3.05) is 26.3 Å². The van der Waals surface area contributed by atoms with Gasteiger partial charge in [-0.15, -0.1) is 0 Å². The second-order valence-corrected chi connectivity index (χ2v) is 5.13. The summed E-state index contributed by atoms with van der Waals surface area (Å²) >= 11 is 0. The zero-order valence-electron chi connectivity index (χ0n) is 9.98. The van der Waals surface area contributed by atoms with Crippen LogP contribution in [0.1, 0.15) is 30.1 Å². The number of aliphatic hydroxyl groups excluding tert-OH is 1. The van der Waals surface area contributed by atoms with E-state index in [1.165, 1.54) is 11.1 Å². The van der Waals surface area contributed by atoms with E-state index in [2.05, 4.69) is 29.6 Å². The predicted octanol–water partition coefficient (Wildman–Crippen LogP) is 1.37. The second-order valence-electron chi connectivity index (χ2n) is 5.13. The van der Waals surface area contributed by atoms with Crippen LogP contribution in [-0.2, 0) is 10.2 Å². The molecule has 1 saturated carbocycles. The first-order chi connectivity index (χ1) is 8.34. The summed E-state index contributed by atoms with van der Waals surface area (Å²) in [7, 11) is 0. The molecular formula is C14H19NO2. The van der Waals surface area contributed by atoms with Gasteiger partial charge in [0.1, 0.15) is 0 Å². The number of aliphatic hydroxyl groups is 1. The Hall–Kier alpha value is -0.900. The first-order valence-corrected chi connectivity index (χ1v) is 6.38. The van der Waals surface area contributed by atoms with E-state index in [9.17, 15) is 5.11 Å². The molecule has 1 saturated heterocycles. The third kappa shape index (κ3) is 2.10. The van der Waals surface area contributed by atoms with Crippen molar-refractivity contribution in [3.05, 3.63) is 35.4 Å². The van der Waals surface area contributed by atoms with E-state index >= 15 is 0 Å². The maximum absolute atomic E-state index is 9.47. The number of hydrogen-bond acceptors (Lipinski definition) is 3. The molecule has 3 heteroatoms. The Morgan fingerprint density at radius 2 is 2.29 bits per heavy atom. The number of ether oxygens (including phenoxy) is 1. The fraction of sp³-hybridized carbons (Fsp3) is 0.571. The Kier molecular flexibility index (Phi) is 2.90. The molecule has 2 N–H and O–H groups in total. The Morgan fingerprint density at radius 3 is 2.94 bits per heavy atom. The fourth-order valence-corrected chi connectivity index (χ4v) is 2.54. The van der Waals surface area contributed by atoms with Gasteiger partial charge in [0.05, 0.1) is 19.3 Å². The lowest BCUT2D eigenvalue weighted by molar-refractivity contribution is 0.0276. The second kappa shape index (κ2) is 4.41. The summed E-state index contributed by atoms with van der Waals surface area (Å²) in [5, 5.41) is 12.8. The maximum Gasteiger partial charge on any atom is 0.0949 e. The maximum atomic E-state index is 9.47. The van der Waals surface area contributed by atoms with Crippen LogP contribution in [-0.4, -0.2) is 31.4 Å². The molecule has 0 amide bonds. The molecule has 1 atom stereocenters. The van der Waals surface area contributed by atoms with Crippen LogP contribution < -0.4 is 5.32 Å². The lowest BCUT2D eigenvalue weighted by atomic mass is 9.94. The topological polar surface area (TPSA) is 41.5 Å². The smallest absolute Gasteiger partial charge is 0.0949 e. The number of morpholine rings is 1. The van der Waals surface area contributed by atoms with Gasteiger partial charge in [0.2, 0.25) is 0 Å². The van der Waals surface area contributed by atoms with Crippen molar-refractivity contribution < 1.29 is 9.84 Å². The molecule has 2 aliphatic rings. The molecule has 1 aliphatic carbocycles. The normalized spacial score (nSPS) is 26.8. The van der Waals surface area contributed by atoms with Crippen molar-refractivity contribution in [1.82, 2.24) is 5.32 Å². The molecule has 3 nitrogen and oxygen atoms in total. The highest BCUT2D eigenvalue weighted by atomic mass is 16.5. The van der Waals surface area contributed by atoms with Gasteiger partial charge in [0, 0.05) is 18.5 Å². The van der Waals surface area contributed by atoms with Gasteiger partial charge in [0.15, 0.2) is 0 Å². The molecule has 0 radical (unpaired) electrons. The van der Waals surface area contributed by atoms with Gasteiger partial charge >= 0.3 is 0 Å². The molecule has 92 valence electrons. The molecule has 0 aromatic heterocycles. The van der Waals surface area contributed by atoms with Crippen LogP contribution in [0.4, 0.5) is 0 Å². The lowest BCUT2D eigenvalue weighted by Crippen LogP contribution is -2.33. The van der Waals surface area contributed by atoms with Gasteiger partial charge < -0.3 is 15.2 Å². The SMILES string of the molecule is OCC1(c2cccc(C3CNCCO3)c2)CC1. The average molecular weight is 233 g/mol.